The SMILES string of the molecule is Cc1cccc(C(NCC2CCCO2)C(=O)O)c1. The van der Waals surface area contributed by atoms with Crippen LogP contribution in [0.2, 0.25) is 0 Å². The summed E-state index contributed by atoms with van der Waals surface area (Å²) in [5, 5.41) is 12.4. The van der Waals surface area contributed by atoms with Crippen LogP contribution in [0.5, 0.6) is 0 Å². The number of carboxylic acid groups (broad SMARTS) is 1. The van der Waals surface area contributed by atoms with Crippen molar-refractivity contribution in [3.05, 3.63) is 35.4 Å². The summed E-state index contributed by atoms with van der Waals surface area (Å²) in [5.74, 6) is -0.849. The van der Waals surface area contributed by atoms with Crippen LogP contribution in [0.4, 0.5) is 0 Å². The maximum Gasteiger partial charge on any atom is 0.325 e. The lowest BCUT2D eigenvalue weighted by atomic mass is 10.0. The molecule has 1 aromatic rings. The molecule has 2 atom stereocenters. The minimum absolute atomic E-state index is 0.150. The van der Waals surface area contributed by atoms with E-state index in [-0.39, 0.29) is 6.10 Å². The van der Waals surface area contributed by atoms with E-state index in [2.05, 4.69) is 5.32 Å². The van der Waals surface area contributed by atoms with Crippen molar-refractivity contribution in [3.8, 4) is 0 Å². The summed E-state index contributed by atoms with van der Waals surface area (Å²) in [4.78, 5) is 11.3. The zero-order chi connectivity index (χ0) is 13.0. The minimum Gasteiger partial charge on any atom is -0.480 e. The monoisotopic (exact) mass is 249 g/mol. The summed E-state index contributed by atoms with van der Waals surface area (Å²) >= 11 is 0. The number of carbonyl (C=O) groups is 1. The molecule has 2 unspecified atom stereocenters. The first-order valence-electron chi connectivity index (χ1n) is 6.31. The molecule has 1 saturated heterocycles. The molecule has 0 spiro atoms. The molecular weight excluding hydrogens is 230 g/mol. The van der Waals surface area contributed by atoms with Crippen molar-refractivity contribution >= 4 is 5.97 Å². The first-order valence-corrected chi connectivity index (χ1v) is 6.31. The van der Waals surface area contributed by atoms with Gasteiger partial charge in [0.15, 0.2) is 0 Å². The van der Waals surface area contributed by atoms with Gasteiger partial charge in [-0.3, -0.25) is 10.1 Å². The molecule has 1 aliphatic heterocycles. The molecule has 0 radical (unpaired) electrons. The number of rotatable bonds is 5. The van der Waals surface area contributed by atoms with Crippen LogP contribution in [0.3, 0.4) is 0 Å². The fraction of sp³-hybridized carbons (Fsp3) is 0.500. The van der Waals surface area contributed by atoms with E-state index in [1.54, 1.807) is 0 Å². The second-order valence-corrected chi connectivity index (χ2v) is 4.73. The third-order valence-electron chi connectivity index (χ3n) is 3.20. The molecule has 98 valence electrons. The van der Waals surface area contributed by atoms with E-state index in [9.17, 15) is 9.90 Å². The van der Waals surface area contributed by atoms with Gasteiger partial charge in [0.05, 0.1) is 6.10 Å². The van der Waals surface area contributed by atoms with Crippen LogP contribution in [0.15, 0.2) is 24.3 Å². The minimum atomic E-state index is -0.849. The Bertz CT molecular complexity index is 413. The molecule has 1 heterocycles. The highest BCUT2D eigenvalue weighted by Crippen LogP contribution is 2.17. The first-order chi connectivity index (χ1) is 8.66. The summed E-state index contributed by atoms with van der Waals surface area (Å²) in [7, 11) is 0. The highest BCUT2D eigenvalue weighted by Gasteiger charge is 2.22. The van der Waals surface area contributed by atoms with Crippen molar-refractivity contribution < 1.29 is 14.6 Å². The smallest absolute Gasteiger partial charge is 0.325 e. The predicted octanol–water partition coefficient (Wildman–Crippen LogP) is 1.89. The third-order valence-corrected chi connectivity index (χ3v) is 3.20. The Morgan fingerprint density at radius 3 is 3.06 bits per heavy atom. The topological polar surface area (TPSA) is 58.6 Å². The van der Waals surface area contributed by atoms with E-state index < -0.39 is 12.0 Å². The van der Waals surface area contributed by atoms with E-state index in [0.717, 1.165) is 30.6 Å². The van der Waals surface area contributed by atoms with E-state index in [0.29, 0.717) is 6.54 Å². The largest absolute Gasteiger partial charge is 0.480 e. The second kappa shape index (κ2) is 5.98. The molecule has 4 nitrogen and oxygen atoms in total. The van der Waals surface area contributed by atoms with Crippen molar-refractivity contribution in [2.75, 3.05) is 13.2 Å². The summed E-state index contributed by atoms with van der Waals surface area (Å²) in [6, 6.07) is 6.93. The number of ether oxygens (including phenoxy) is 1. The fourth-order valence-corrected chi connectivity index (χ4v) is 2.25. The van der Waals surface area contributed by atoms with Gasteiger partial charge in [0.25, 0.3) is 0 Å². The molecule has 1 aliphatic rings. The van der Waals surface area contributed by atoms with Gasteiger partial charge in [-0.25, -0.2) is 0 Å². The molecule has 0 amide bonds. The molecule has 2 rings (SSSR count). The maximum absolute atomic E-state index is 11.3. The molecule has 1 aromatic carbocycles. The number of hydrogen-bond donors (Lipinski definition) is 2. The zero-order valence-corrected chi connectivity index (χ0v) is 10.6. The Morgan fingerprint density at radius 2 is 2.44 bits per heavy atom. The van der Waals surface area contributed by atoms with Crippen LogP contribution in [0.25, 0.3) is 0 Å². The van der Waals surface area contributed by atoms with Gasteiger partial charge in [-0.1, -0.05) is 29.8 Å². The third kappa shape index (κ3) is 3.31. The van der Waals surface area contributed by atoms with Crippen molar-refractivity contribution in [2.45, 2.75) is 31.9 Å². The van der Waals surface area contributed by atoms with Crippen LogP contribution >= 0.6 is 0 Å². The van der Waals surface area contributed by atoms with Gasteiger partial charge in [-0.15, -0.1) is 0 Å². The molecule has 0 aliphatic carbocycles. The van der Waals surface area contributed by atoms with E-state index in [4.69, 9.17) is 4.74 Å². The number of benzene rings is 1. The quantitative estimate of drug-likeness (QED) is 0.836. The lowest BCUT2D eigenvalue weighted by Crippen LogP contribution is -2.34. The summed E-state index contributed by atoms with van der Waals surface area (Å²) in [5.41, 5.74) is 1.86. The van der Waals surface area contributed by atoms with E-state index in [1.165, 1.54) is 0 Å². The van der Waals surface area contributed by atoms with Crippen molar-refractivity contribution in [3.63, 3.8) is 0 Å². The Hall–Kier alpha value is -1.39. The Kier molecular flexibility index (Phi) is 4.33. The predicted molar refractivity (Wildman–Crippen MR) is 68.5 cm³/mol. The number of hydrogen-bond acceptors (Lipinski definition) is 3. The summed E-state index contributed by atoms with van der Waals surface area (Å²) in [6.07, 6.45) is 2.22. The lowest BCUT2D eigenvalue weighted by Gasteiger charge is -2.18. The van der Waals surface area contributed by atoms with Gasteiger partial charge in [-0.2, -0.15) is 0 Å². The summed E-state index contributed by atoms with van der Waals surface area (Å²) < 4.78 is 5.49. The van der Waals surface area contributed by atoms with Crippen molar-refractivity contribution in [1.82, 2.24) is 5.32 Å². The molecule has 1 fully saturated rings. The fourth-order valence-electron chi connectivity index (χ4n) is 2.25. The van der Waals surface area contributed by atoms with E-state index in [1.807, 2.05) is 31.2 Å². The average molecular weight is 249 g/mol. The van der Waals surface area contributed by atoms with Gasteiger partial charge < -0.3 is 9.84 Å². The van der Waals surface area contributed by atoms with Crippen LogP contribution < -0.4 is 5.32 Å². The number of carboxylic acids is 1. The van der Waals surface area contributed by atoms with Gasteiger partial charge in [0.2, 0.25) is 0 Å². The van der Waals surface area contributed by atoms with Gasteiger partial charge >= 0.3 is 5.97 Å². The molecule has 0 bridgehead atoms. The van der Waals surface area contributed by atoms with Gasteiger partial charge in [0, 0.05) is 13.2 Å². The molecule has 18 heavy (non-hydrogen) atoms. The highest BCUT2D eigenvalue weighted by atomic mass is 16.5. The summed E-state index contributed by atoms with van der Waals surface area (Å²) in [6.45, 7) is 3.34. The second-order valence-electron chi connectivity index (χ2n) is 4.73. The zero-order valence-electron chi connectivity index (χ0n) is 10.6. The van der Waals surface area contributed by atoms with Crippen LogP contribution in [-0.2, 0) is 9.53 Å². The number of nitrogens with one attached hydrogen (secondary N) is 1. The van der Waals surface area contributed by atoms with E-state index >= 15 is 0 Å². The molecule has 0 aromatic heterocycles. The Labute approximate surface area is 107 Å². The van der Waals surface area contributed by atoms with Crippen molar-refractivity contribution in [1.29, 1.82) is 0 Å². The first kappa shape index (κ1) is 13.1. The lowest BCUT2D eigenvalue weighted by molar-refractivity contribution is -0.139. The van der Waals surface area contributed by atoms with Crippen LogP contribution in [-0.4, -0.2) is 30.3 Å². The number of aliphatic carboxylic acids is 1. The molecular formula is C14H19NO3. The van der Waals surface area contributed by atoms with Crippen molar-refractivity contribution in [2.24, 2.45) is 0 Å². The molecule has 4 heteroatoms. The molecule has 2 N–H and O–H groups in total. The standard InChI is InChI=1S/C14H19NO3/c1-10-4-2-5-11(8-10)13(14(16)17)15-9-12-6-3-7-18-12/h2,4-5,8,12-13,15H,3,6-7,9H2,1H3,(H,16,17). The van der Waals surface area contributed by atoms with Crippen LogP contribution in [0.1, 0.15) is 30.0 Å². The normalized spacial score (nSPS) is 20.8. The van der Waals surface area contributed by atoms with Crippen LogP contribution in [0, 0.1) is 6.92 Å². The maximum atomic E-state index is 11.3. The highest BCUT2D eigenvalue weighted by molar-refractivity contribution is 5.75. The van der Waals surface area contributed by atoms with Gasteiger partial charge in [-0.05, 0) is 25.3 Å². The van der Waals surface area contributed by atoms with Gasteiger partial charge in [0.1, 0.15) is 6.04 Å². The molecule has 0 saturated carbocycles. The number of aryl methyl sites for hydroxylation is 1. The average Bonchev–Trinajstić information content (AvgIpc) is 2.82. The Morgan fingerprint density at radius 1 is 1.61 bits per heavy atom. The Balaban J connectivity index is 2.01.